The van der Waals surface area contributed by atoms with E-state index in [2.05, 4.69) is 14.7 Å². The van der Waals surface area contributed by atoms with Gasteiger partial charge in [0.25, 0.3) is 0 Å². The maximum atomic E-state index is 12.8. The van der Waals surface area contributed by atoms with Crippen molar-refractivity contribution < 1.29 is 17.9 Å². The molecule has 1 aromatic rings. The molecule has 2 aliphatic heterocycles. The van der Waals surface area contributed by atoms with Gasteiger partial charge in [0.1, 0.15) is 18.1 Å². The quantitative estimate of drug-likeness (QED) is 0.509. The van der Waals surface area contributed by atoms with Crippen LogP contribution in [0.15, 0.2) is 47.6 Å². The van der Waals surface area contributed by atoms with E-state index >= 15 is 0 Å². The molecule has 9 heteroatoms. The normalized spacial score (nSPS) is 12.9. The first-order chi connectivity index (χ1) is 14.6. The first-order valence-electron chi connectivity index (χ1n) is 10.2. The summed E-state index contributed by atoms with van der Waals surface area (Å²) >= 11 is 0. The lowest BCUT2D eigenvalue weighted by Gasteiger charge is -2.20. The van der Waals surface area contributed by atoms with E-state index in [0.717, 1.165) is 22.8 Å². The topological polar surface area (TPSA) is 103 Å². The highest BCUT2D eigenvalue weighted by Crippen LogP contribution is 2.19. The summed E-state index contributed by atoms with van der Waals surface area (Å²) in [7, 11) is -3.74. The van der Waals surface area contributed by atoms with Gasteiger partial charge in [-0.2, -0.15) is 0 Å². The molecule has 0 saturated heterocycles. The molecule has 8 nitrogen and oxygen atoms in total. The monoisotopic (exact) mass is 444 g/mol. The second-order valence-electron chi connectivity index (χ2n) is 8.05. The first-order valence-corrected chi connectivity index (χ1v) is 11.7. The number of hydrogen-bond donors (Lipinski definition) is 1. The number of imidazole rings is 1. The summed E-state index contributed by atoms with van der Waals surface area (Å²) in [4.78, 5) is 20.0. The van der Waals surface area contributed by atoms with Crippen molar-refractivity contribution >= 4 is 16.0 Å². The van der Waals surface area contributed by atoms with Crippen molar-refractivity contribution in [1.29, 1.82) is 0 Å². The van der Waals surface area contributed by atoms with Gasteiger partial charge in [-0.05, 0) is 43.0 Å². The number of fused-ring (bicyclic) bond motifs is 1. The second kappa shape index (κ2) is 9.57. The fourth-order valence-electron chi connectivity index (χ4n) is 3.38. The van der Waals surface area contributed by atoms with Crippen molar-refractivity contribution in [3.8, 4) is 11.4 Å². The summed E-state index contributed by atoms with van der Waals surface area (Å²) < 4.78 is 35.3. The van der Waals surface area contributed by atoms with Gasteiger partial charge in [-0.25, -0.2) is 23.1 Å². The van der Waals surface area contributed by atoms with Gasteiger partial charge in [-0.15, -0.1) is 0 Å². The number of nitrogens with one attached hydrogen (secondary N) is 1. The highest BCUT2D eigenvalue weighted by Gasteiger charge is 2.22. The van der Waals surface area contributed by atoms with Crippen LogP contribution >= 0.6 is 0 Å². The maximum absolute atomic E-state index is 12.8. The molecule has 0 aromatic heterocycles. The predicted octanol–water partition coefficient (Wildman–Crippen LogP) is 3.00. The van der Waals surface area contributed by atoms with Crippen molar-refractivity contribution in [2.45, 2.75) is 51.6 Å². The van der Waals surface area contributed by atoms with E-state index in [1.54, 1.807) is 24.3 Å². The van der Waals surface area contributed by atoms with E-state index in [-0.39, 0.29) is 17.4 Å². The van der Waals surface area contributed by atoms with Crippen molar-refractivity contribution in [2.75, 3.05) is 6.61 Å². The van der Waals surface area contributed by atoms with Crippen molar-refractivity contribution in [3.05, 3.63) is 54.1 Å². The number of esters is 1. The molecule has 2 aliphatic rings. The number of hydrogen-bond acceptors (Lipinski definition) is 6. The van der Waals surface area contributed by atoms with E-state index in [1.807, 2.05) is 43.8 Å². The molecule has 0 saturated carbocycles. The molecule has 3 rings (SSSR count). The Labute approximate surface area is 183 Å². The van der Waals surface area contributed by atoms with Crippen LogP contribution in [-0.2, 0) is 26.1 Å². The number of carbonyl (C=O) groups excluding carboxylic acids is 1. The smallest absolute Gasteiger partial charge is 0.302 e. The third kappa shape index (κ3) is 6.35. The minimum Gasteiger partial charge on any atom is -0.464 e. The van der Waals surface area contributed by atoms with E-state index in [9.17, 15) is 13.2 Å². The van der Waals surface area contributed by atoms with Crippen LogP contribution in [0, 0.1) is 12.8 Å². The molecule has 2 heterocycles. The van der Waals surface area contributed by atoms with Crippen LogP contribution in [0.4, 0.5) is 0 Å². The maximum Gasteiger partial charge on any atom is 0.302 e. The van der Waals surface area contributed by atoms with Crippen LogP contribution in [0.25, 0.3) is 11.4 Å². The molecule has 0 spiro atoms. The lowest BCUT2D eigenvalue weighted by molar-refractivity contribution is -0.141. The summed E-state index contributed by atoms with van der Waals surface area (Å²) in [6, 6.07) is 8.18. The average Bonchev–Trinajstić information content (AvgIpc) is 3.05. The minimum absolute atomic E-state index is 0.00797. The fraction of sp³-hybridized carbons (Fsp3) is 0.409. The van der Waals surface area contributed by atoms with E-state index in [1.165, 1.54) is 6.92 Å². The SMILES string of the molecule is CC(=O)OC[C@H](CC(C)C)NS(=O)(=O)c1ccc(Cn2ccc3nc(C)nc-3c2)cc1. The highest BCUT2D eigenvalue weighted by atomic mass is 32.2. The molecule has 166 valence electrons. The van der Waals surface area contributed by atoms with Crippen LogP contribution < -0.4 is 4.72 Å². The van der Waals surface area contributed by atoms with Gasteiger partial charge in [0.2, 0.25) is 10.0 Å². The Morgan fingerprint density at radius 1 is 1.13 bits per heavy atom. The Kier molecular flexibility index (Phi) is 7.07. The largest absolute Gasteiger partial charge is 0.464 e. The molecule has 1 atom stereocenters. The third-order valence-electron chi connectivity index (χ3n) is 4.70. The van der Waals surface area contributed by atoms with Gasteiger partial charge < -0.3 is 9.30 Å². The summed E-state index contributed by atoms with van der Waals surface area (Å²) in [5.74, 6) is 0.547. The zero-order valence-corrected chi connectivity index (χ0v) is 19.0. The summed E-state index contributed by atoms with van der Waals surface area (Å²) in [5.41, 5.74) is 2.64. The molecule has 0 bridgehead atoms. The Morgan fingerprint density at radius 2 is 1.81 bits per heavy atom. The van der Waals surface area contributed by atoms with Crippen molar-refractivity contribution in [2.24, 2.45) is 5.92 Å². The number of sulfonamides is 1. The lowest BCUT2D eigenvalue weighted by atomic mass is 10.1. The molecule has 1 N–H and O–H groups in total. The number of aromatic nitrogens is 3. The van der Waals surface area contributed by atoms with Crippen molar-refractivity contribution in [3.63, 3.8) is 0 Å². The molecule has 0 amide bonds. The summed E-state index contributed by atoms with van der Waals surface area (Å²) in [6.45, 7) is 7.73. The number of pyridine rings is 1. The van der Waals surface area contributed by atoms with Crippen LogP contribution in [0.5, 0.6) is 0 Å². The van der Waals surface area contributed by atoms with E-state index < -0.39 is 22.0 Å². The molecule has 0 radical (unpaired) electrons. The summed E-state index contributed by atoms with van der Waals surface area (Å²) in [5, 5.41) is 0. The Morgan fingerprint density at radius 3 is 2.45 bits per heavy atom. The van der Waals surface area contributed by atoms with Crippen LogP contribution in [0.2, 0.25) is 0 Å². The fourth-order valence-corrected chi connectivity index (χ4v) is 4.61. The standard InChI is InChI=1S/C22H28N4O4S/c1-15(2)11-19(14-30-17(4)27)25-31(28,29)20-7-5-18(6-8-20)12-26-10-9-21-22(13-26)24-16(3)23-21/h5-10,13,15,19,25H,11-12,14H2,1-4H3/t19-/m0/s1. The molecular formula is C22H28N4O4S. The van der Waals surface area contributed by atoms with E-state index in [4.69, 9.17) is 4.74 Å². The predicted molar refractivity (Wildman–Crippen MR) is 117 cm³/mol. The molecule has 0 unspecified atom stereocenters. The van der Waals surface area contributed by atoms with Gasteiger partial charge >= 0.3 is 5.97 Å². The zero-order chi connectivity index (χ0) is 22.6. The molecule has 0 fully saturated rings. The first kappa shape index (κ1) is 22.9. The number of carbonyl (C=O) groups is 1. The Balaban J connectivity index is 1.70. The van der Waals surface area contributed by atoms with Gasteiger partial charge in [-0.3, -0.25) is 4.79 Å². The number of benzene rings is 1. The average molecular weight is 445 g/mol. The number of nitrogens with zero attached hydrogens (tertiary/aromatic N) is 3. The minimum atomic E-state index is -3.74. The molecular weight excluding hydrogens is 416 g/mol. The van der Waals surface area contributed by atoms with Gasteiger partial charge in [0, 0.05) is 25.9 Å². The van der Waals surface area contributed by atoms with Gasteiger partial charge in [-0.1, -0.05) is 26.0 Å². The van der Waals surface area contributed by atoms with Gasteiger partial charge in [0.15, 0.2) is 0 Å². The lowest BCUT2D eigenvalue weighted by Crippen LogP contribution is -2.39. The number of ether oxygens (including phenoxy) is 1. The van der Waals surface area contributed by atoms with Crippen LogP contribution in [0.1, 0.15) is 38.6 Å². The Bertz CT molecular complexity index is 1110. The van der Waals surface area contributed by atoms with E-state index in [0.29, 0.717) is 13.0 Å². The van der Waals surface area contributed by atoms with Crippen molar-refractivity contribution in [1.82, 2.24) is 19.3 Å². The third-order valence-corrected chi connectivity index (χ3v) is 6.24. The van der Waals surface area contributed by atoms with Gasteiger partial charge in [0.05, 0.1) is 16.6 Å². The van der Waals surface area contributed by atoms with Crippen LogP contribution in [0.3, 0.4) is 0 Å². The molecule has 31 heavy (non-hydrogen) atoms. The Hall–Kier alpha value is -2.78. The second-order valence-corrected chi connectivity index (χ2v) is 9.77. The molecule has 1 aromatic carbocycles. The highest BCUT2D eigenvalue weighted by molar-refractivity contribution is 7.89. The number of rotatable bonds is 9. The number of aryl methyl sites for hydroxylation is 1. The van der Waals surface area contributed by atoms with Crippen LogP contribution in [-0.4, -0.2) is 41.6 Å². The molecule has 0 aliphatic carbocycles. The summed E-state index contributed by atoms with van der Waals surface area (Å²) in [6.07, 6.45) is 4.41. The zero-order valence-electron chi connectivity index (χ0n) is 18.2.